The van der Waals surface area contributed by atoms with Crippen LogP contribution < -0.4 is 5.32 Å². The van der Waals surface area contributed by atoms with E-state index in [-0.39, 0.29) is 18.3 Å². The minimum Gasteiger partial charge on any atom is -0.380 e. The van der Waals surface area contributed by atoms with Crippen LogP contribution in [0.2, 0.25) is 0 Å². The highest BCUT2D eigenvalue weighted by Gasteiger charge is 2.20. The molecule has 4 aromatic rings. The number of fused-ring (bicyclic) bond motifs is 2. The molecule has 3 nitrogen and oxygen atoms in total. The van der Waals surface area contributed by atoms with Crippen LogP contribution in [0.1, 0.15) is 15.2 Å². The first kappa shape index (κ1) is 16.2. The van der Waals surface area contributed by atoms with Gasteiger partial charge in [0.25, 0.3) is 5.91 Å². The number of rotatable bonds is 4. The van der Waals surface area contributed by atoms with Crippen LogP contribution in [0.5, 0.6) is 0 Å². The van der Waals surface area contributed by atoms with E-state index in [1.54, 1.807) is 17.4 Å². The average molecular weight is 371 g/mol. The summed E-state index contributed by atoms with van der Waals surface area (Å²) in [4.78, 5) is 13.3. The van der Waals surface area contributed by atoms with Crippen molar-refractivity contribution in [2.24, 2.45) is 0 Å². The maximum Gasteiger partial charge on any atom is 0.266 e. The molecule has 0 radical (unpaired) electrons. The van der Waals surface area contributed by atoms with E-state index in [1.807, 2.05) is 35.7 Å². The van der Waals surface area contributed by atoms with Gasteiger partial charge < -0.3 is 10.1 Å². The minimum atomic E-state index is -0.334. The molecule has 0 aliphatic rings. The van der Waals surface area contributed by atoms with E-state index in [1.165, 1.54) is 29.2 Å². The summed E-state index contributed by atoms with van der Waals surface area (Å²) in [5.74, 6) is -0.582. The molecule has 2 aromatic carbocycles. The summed E-state index contributed by atoms with van der Waals surface area (Å²) in [7, 11) is 1.54. The zero-order chi connectivity index (χ0) is 17.4. The first-order chi connectivity index (χ1) is 12.2. The van der Waals surface area contributed by atoms with Crippen LogP contribution in [0, 0.1) is 5.82 Å². The maximum atomic E-state index is 14.2. The zero-order valence-electron chi connectivity index (χ0n) is 13.3. The van der Waals surface area contributed by atoms with Gasteiger partial charge in [-0.05, 0) is 47.2 Å². The third-order valence-electron chi connectivity index (χ3n) is 3.97. The molecule has 0 aliphatic carbocycles. The van der Waals surface area contributed by atoms with E-state index >= 15 is 0 Å². The summed E-state index contributed by atoms with van der Waals surface area (Å²) in [6, 6.07) is 12.7. The first-order valence-corrected chi connectivity index (χ1v) is 9.34. The number of carbonyl (C=O) groups is 1. The second kappa shape index (κ2) is 6.55. The van der Waals surface area contributed by atoms with Crippen molar-refractivity contribution in [3.8, 4) is 0 Å². The van der Waals surface area contributed by atoms with Crippen molar-refractivity contribution in [3.63, 3.8) is 0 Å². The highest BCUT2D eigenvalue weighted by molar-refractivity contribution is 7.21. The molecule has 4 rings (SSSR count). The summed E-state index contributed by atoms with van der Waals surface area (Å²) >= 11 is 2.94. The monoisotopic (exact) mass is 371 g/mol. The zero-order valence-corrected chi connectivity index (χ0v) is 15.0. The smallest absolute Gasteiger partial charge is 0.266 e. The van der Waals surface area contributed by atoms with Gasteiger partial charge in [-0.25, -0.2) is 4.39 Å². The summed E-state index contributed by atoms with van der Waals surface area (Å²) in [6.45, 7) is 0.188. The number of carbonyl (C=O) groups excluding carboxylic acids is 1. The fourth-order valence-corrected chi connectivity index (χ4v) is 4.75. The average Bonchev–Trinajstić information content (AvgIpc) is 3.20. The van der Waals surface area contributed by atoms with Crippen LogP contribution in [0.25, 0.3) is 20.2 Å². The predicted octanol–water partition coefficient (Wildman–Crippen LogP) is 5.65. The van der Waals surface area contributed by atoms with E-state index in [9.17, 15) is 9.18 Å². The molecule has 1 N–H and O–H groups in total. The largest absolute Gasteiger partial charge is 0.380 e. The van der Waals surface area contributed by atoms with Crippen LogP contribution in [0.15, 0.2) is 47.8 Å². The van der Waals surface area contributed by atoms with Gasteiger partial charge in [-0.15, -0.1) is 22.7 Å². The van der Waals surface area contributed by atoms with Crippen molar-refractivity contribution in [2.45, 2.75) is 6.61 Å². The van der Waals surface area contributed by atoms with Gasteiger partial charge in [0.15, 0.2) is 0 Å². The second-order valence-electron chi connectivity index (χ2n) is 5.58. The van der Waals surface area contributed by atoms with Crippen LogP contribution in [-0.4, -0.2) is 13.0 Å². The SMILES string of the molecule is COCc1c(C(=O)Nc2ccc3sccc3c2)sc2cccc(F)c12. The van der Waals surface area contributed by atoms with Gasteiger partial charge in [-0.1, -0.05) is 6.07 Å². The molecule has 0 saturated carbocycles. The number of hydrogen-bond acceptors (Lipinski definition) is 4. The number of benzene rings is 2. The number of thiophene rings is 2. The lowest BCUT2D eigenvalue weighted by atomic mass is 10.1. The highest BCUT2D eigenvalue weighted by Crippen LogP contribution is 2.34. The third kappa shape index (κ3) is 2.93. The van der Waals surface area contributed by atoms with Crippen molar-refractivity contribution in [1.29, 1.82) is 0 Å². The van der Waals surface area contributed by atoms with Crippen molar-refractivity contribution in [1.82, 2.24) is 0 Å². The van der Waals surface area contributed by atoms with Gasteiger partial charge >= 0.3 is 0 Å². The third-order valence-corrected chi connectivity index (χ3v) is 6.06. The number of ether oxygens (including phenoxy) is 1. The lowest BCUT2D eigenvalue weighted by Gasteiger charge is -2.07. The van der Waals surface area contributed by atoms with Gasteiger partial charge in [-0.2, -0.15) is 0 Å². The lowest BCUT2D eigenvalue weighted by Crippen LogP contribution is -2.12. The molecule has 2 heterocycles. The Kier molecular flexibility index (Phi) is 4.25. The van der Waals surface area contributed by atoms with E-state index in [0.29, 0.717) is 15.8 Å². The van der Waals surface area contributed by atoms with Gasteiger partial charge in [0.1, 0.15) is 5.82 Å². The van der Waals surface area contributed by atoms with E-state index in [2.05, 4.69) is 5.32 Å². The summed E-state index contributed by atoms with van der Waals surface area (Å²) in [6.07, 6.45) is 0. The van der Waals surface area contributed by atoms with Gasteiger partial charge in [0, 0.05) is 33.1 Å². The standard InChI is InChI=1S/C19H14FNO2S2/c1-23-10-13-17-14(20)3-2-4-16(17)25-18(13)19(22)21-12-5-6-15-11(9-12)7-8-24-15/h2-9H,10H2,1H3,(H,21,22). The molecule has 0 spiro atoms. The summed E-state index contributed by atoms with van der Waals surface area (Å²) < 4.78 is 21.3. The van der Waals surface area contributed by atoms with E-state index in [4.69, 9.17) is 4.74 Å². The number of amides is 1. The summed E-state index contributed by atoms with van der Waals surface area (Å²) in [5, 5.41) is 6.48. The number of anilines is 1. The van der Waals surface area contributed by atoms with Gasteiger partial charge in [0.05, 0.1) is 11.5 Å². The molecule has 126 valence electrons. The fourth-order valence-electron chi connectivity index (χ4n) is 2.87. The fraction of sp³-hybridized carbons (Fsp3) is 0.105. The first-order valence-electron chi connectivity index (χ1n) is 7.65. The normalized spacial score (nSPS) is 11.3. The van der Waals surface area contributed by atoms with Crippen LogP contribution in [0.3, 0.4) is 0 Å². The molecule has 25 heavy (non-hydrogen) atoms. The Labute approximate surface area is 151 Å². The second-order valence-corrected chi connectivity index (χ2v) is 7.58. The number of hydrogen-bond donors (Lipinski definition) is 1. The number of halogens is 1. The Morgan fingerprint density at radius 1 is 1.20 bits per heavy atom. The van der Waals surface area contributed by atoms with E-state index < -0.39 is 0 Å². The van der Waals surface area contributed by atoms with Crippen molar-refractivity contribution < 1.29 is 13.9 Å². The van der Waals surface area contributed by atoms with Crippen molar-refractivity contribution in [2.75, 3.05) is 12.4 Å². The molecule has 0 bridgehead atoms. The van der Waals surface area contributed by atoms with Crippen molar-refractivity contribution >= 4 is 54.4 Å². The maximum absolute atomic E-state index is 14.2. The Balaban J connectivity index is 1.73. The predicted molar refractivity (Wildman–Crippen MR) is 102 cm³/mol. The molecular formula is C19H14FNO2S2. The molecule has 0 aliphatic heterocycles. The van der Waals surface area contributed by atoms with Crippen LogP contribution in [-0.2, 0) is 11.3 Å². The van der Waals surface area contributed by atoms with Gasteiger partial charge in [0.2, 0.25) is 0 Å². The molecule has 0 unspecified atom stereocenters. The Bertz CT molecular complexity index is 1080. The number of methoxy groups -OCH3 is 1. The molecule has 2 aromatic heterocycles. The molecule has 0 fully saturated rings. The Morgan fingerprint density at radius 2 is 2.08 bits per heavy atom. The molecular weight excluding hydrogens is 357 g/mol. The highest BCUT2D eigenvalue weighted by atomic mass is 32.1. The Hall–Kier alpha value is -2.28. The number of nitrogens with one attached hydrogen (secondary N) is 1. The lowest BCUT2D eigenvalue weighted by molar-refractivity contribution is 0.102. The molecule has 0 saturated heterocycles. The van der Waals surface area contributed by atoms with E-state index in [0.717, 1.165) is 15.8 Å². The van der Waals surface area contributed by atoms with Crippen LogP contribution in [0.4, 0.5) is 10.1 Å². The Morgan fingerprint density at radius 3 is 2.92 bits per heavy atom. The summed E-state index contributed by atoms with van der Waals surface area (Å²) in [5.41, 5.74) is 1.31. The van der Waals surface area contributed by atoms with Gasteiger partial charge in [-0.3, -0.25) is 4.79 Å². The molecule has 6 heteroatoms. The topological polar surface area (TPSA) is 38.3 Å². The minimum absolute atomic E-state index is 0.188. The van der Waals surface area contributed by atoms with Crippen molar-refractivity contribution in [3.05, 3.63) is 64.1 Å². The quantitative estimate of drug-likeness (QED) is 0.503. The molecule has 0 atom stereocenters. The van der Waals surface area contributed by atoms with Crippen LogP contribution >= 0.6 is 22.7 Å². The molecule has 1 amide bonds.